The number of hydrogen-bond acceptors (Lipinski definition) is 6. The first-order chi connectivity index (χ1) is 12.2. The molecule has 0 saturated heterocycles. The molecule has 2 heterocycles. The predicted octanol–water partition coefficient (Wildman–Crippen LogP) is 2.89. The third-order valence-electron chi connectivity index (χ3n) is 3.89. The van der Waals surface area contributed by atoms with E-state index in [1.807, 2.05) is 18.2 Å². The maximum absolute atomic E-state index is 12.3. The van der Waals surface area contributed by atoms with Crippen molar-refractivity contribution in [3.63, 3.8) is 0 Å². The fourth-order valence-electron chi connectivity index (χ4n) is 2.79. The molecule has 0 saturated carbocycles. The summed E-state index contributed by atoms with van der Waals surface area (Å²) in [5.74, 6) is -0.475. The van der Waals surface area contributed by atoms with Gasteiger partial charge in [0, 0.05) is 5.38 Å². The van der Waals surface area contributed by atoms with Crippen LogP contribution in [0.15, 0.2) is 29.6 Å². The van der Waals surface area contributed by atoms with Gasteiger partial charge in [-0.25, -0.2) is 4.98 Å². The average Bonchev–Trinajstić information content (AvgIpc) is 3.02. The van der Waals surface area contributed by atoms with E-state index in [-0.39, 0.29) is 30.8 Å². The molecule has 0 fully saturated rings. The number of carbonyl (C=O) groups excluding carboxylic acids is 2. The van der Waals surface area contributed by atoms with Crippen molar-refractivity contribution in [3.05, 3.63) is 46.5 Å². The van der Waals surface area contributed by atoms with E-state index in [0.717, 1.165) is 12.0 Å². The number of ether oxygens (including phenoxy) is 2. The lowest BCUT2D eigenvalue weighted by atomic mass is 9.96. The lowest BCUT2D eigenvalue weighted by Crippen LogP contribution is -2.22. The second-order valence-electron chi connectivity index (χ2n) is 5.69. The molecular formula is C18H20N2O4S. The number of carbonyl (C=O) groups is 2. The third kappa shape index (κ3) is 4.64. The van der Waals surface area contributed by atoms with Gasteiger partial charge in [0.15, 0.2) is 5.13 Å². The highest BCUT2D eigenvalue weighted by Gasteiger charge is 2.23. The van der Waals surface area contributed by atoms with Crippen LogP contribution in [0.3, 0.4) is 0 Å². The molecule has 1 atom stereocenters. The Morgan fingerprint density at radius 2 is 2.24 bits per heavy atom. The Morgan fingerprint density at radius 3 is 3.08 bits per heavy atom. The topological polar surface area (TPSA) is 77.5 Å². The molecule has 1 amide bonds. The van der Waals surface area contributed by atoms with Crippen molar-refractivity contribution < 1.29 is 19.1 Å². The van der Waals surface area contributed by atoms with Crippen LogP contribution in [-0.4, -0.2) is 30.1 Å². The van der Waals surface area contributed by atoms with Crippen LogP contribution < -0.4 is 5.32 Å². The van der Waals surface area contributed by atoms with Gasteiger partial charge in [0.05, 0.1) is 37.9 Å². The molecule has 7 heteroatoms. The molecule has 1 aromatic heterocycles. The largest absolute Gasteiger partial charge is 0.466 e. The second-order valence-corrected chi connectivity index (χ2v) is 6.54. The van der Waals surface area contributed by atoms with E-state index in [4.69, 9.17) is 9.47 Å². The molecule has 1 unspecified atom stereocenters. The average molecular weight is 360 g/mol. The van der Waals surface area contributed by atoms with Crippen LogP contribution in [0.5, 0.6) is 0 Å². The number of nitrogens with zero attached hydrogens (tertiary/aromatic N) is 1. The smallest absolute Gasteiger partial charge is 0.311 e. The van der Waals surface area contributed by atoms with Crippen LogP contribution in [0.2, 0.25) is 0 Å². The summed E-state index contributed by atoms with van der Waals surface area (Å²) in [7, 11) is 0. The summed E-state index contributed by atoms with van der Waals surface area (Å²) in [5, 5.41) is 5.01. The van der Waals surface area contributed by atoms with Crippen LogP contribution in [-0.2, 0) is 31.9 Å². The van der Waals surface area contributed by atoms with Crippen molar-refractivity contribution in [2.24, 2.45) is 0 Å². The van der Waals surface area contributed by atoms with Gasteiger partial charge in [-0.1, -0.05) is 24.3 Å². The Labute approximate surface area is 150 Å². The molecular weight excluding hydrogens is 340 g/mol. The molecule has 0 aliphatic carbocycles. The Hall–Kier alpha value is -2.25. The number of nitrogens with one attached hydrogen (secondary N) is 1. The first kappa shape index (κ1) is 17.6. The number of aromatic nitrogens is 1. The van der Waals surface area contributed by atoms with Gasteiger partial charge in [-0.05, 0) is 24.5 Å². The van der Waals surface area contributed by atoms with Crippen molar-refractivity contribution in [1.82, 2.24) is 4.98 Å². The maximum Gasteiger partial charge on any atom is 0.311 e. The van der Waals surface area contributed by atoms with Gasteiger partial charge >= 0.3 is 5.97 Å². The van der Waals surface area contributed by atoms with Crippen LogP contribution >= 0.6 is 11.3 Å². The van der Waals surface area contributed by atoms with E-state index in [1.54, 1.807) is 12.3 Å². The molecule has 3 rings (SSSR count). The summed E-state index contributed by atoms with van der Waals surface area (Å²) in [4.78, 5) is 28.0. The van der Waals surface area contributed by atoms with Gasteiger partial charge in [0.2, 0.25) is 5.91 Å². The van der Waals surface area contributed by atoms with Gasteiger partial charge in [-0.15, -0.1) is 11.3 Å². The van der Waals surface area contributed by atoms with Gasteiger partial charge in [0.1, 0.15) is 0 Å². The first-order valence-corrected chi connectivity index (χ1v) is 9.13. The van der Waals surface area contributed by atoms with Crippen LogP contribution in [0.4, 0.5) is 5.13 Å². The molecule has 1 aliphatic rings. The summed E-state index contributed by atoms with van der Waals surface area (Å²) in [6.07, 6.45) is 0.991. The standard InChI is InChI=1S/C18H20N2O4S/c1-2-23-17(22)9-13-11-25-18(19-13)20-16(21)10-15-14-6-4-3-5-12(14)7-8-24-15/h3-6,11,15H,2,7-10H2,1H3,(H,19,20,21). The van der Waals surface area contributed by atoms with E-state index < -0.39 is 0 Å². The molecule has 0 spiro atoms. The number of rotatable bonds is 6. The molecule has 0 radical (unpaired) electrons. The van der Waals surface area contributed by atoms with E-state index in [1.165, 1.54) is 16.9 Å². The Balaban J connectivity index is 1.57. The molecule has 132 valence electrons. The molecule has 1 N–H and O–H groups in total. The van der Waals surface area contributed by atoms with Crippen molar-refractivity contribution in [1.29, 1.82) is 0 Å². The number of hydrogen-bond donors (Lipinski definition) is 1. The monoisotopic (exact) mass is 360 g/mol. The fraction of sp³-hybridized carbons (Fsp3) is 0.389. The second kappa shape index (κ2) is 8.22. The summed E-state index contributed by atoms with van der Waals surface area (Å²) < 4.78 is 10.7. The van der Waals surface area contributed by atoms with Crippen LogP contribution in [0.1, 0.15) is 36.3 Å². The molecule has 6 nitrogen and oxygen atoms in total. The van der Waals surface area contributed by atoms with Crippen LogP contribution in [0, 0.1) is 0 Å². The van der Waals surface area contributed by atoms with Crippen molar-refractivity contribution in [2.75, 3.05) is 18.5 Å². The molecule has 25 heavy (non-hydrogen) atoms. The quantitative estimate of drug-likeness (QED) is 0.802. The minimum Gasteiger partial charge on any atom is -0.466 e. The molecule has 1 aromatic carbocycles. The predicted molar refractivity (Wildman–Crippen MR) is 94.5 cm³/mol. The van der Waals surface area contributed by atoms with E-state index in [9.17, 15) is 9.59 Å². The summed E-state index contributed by atoms with van der Waals surface area (Å²) >= 11 is 1.29. The SMILES string of the molecule is CCOC(=O)Cc1csc(NC(=O)CC2OCCc3ccccc32)n1. The molecule has 0 bridgehead atoms. The third-order valence-corrected chi connectivity index (χ3v) is 4.70. The lowest BCUT2D eigenvalue weighted by Gasteiger charge is -2.25. The van der Waals surface area contributed by atoms with Crippen molar-refractivity contribution >= 4 is 28.3 Å². The number of amides is 1. The highest BCUT2D eigenvalue weighted by molar-refractivity contribution is 7.13. The number of anilines is 1. The van der Waals surface area contributed by atoms with Crippen molar-refractivity contribution in [2.45, 2.75) is 32.3 Å². The summed E-state index contributed by atoms with van der Waals surface area (Å²) in [6.45, 7) is 2.72. The van der Waals surface area contributed by atoms with Gasteiger partial charge in [-0.3, -0.25) is 9.59 Å². The van der Waals surface area contributed by atoms with E-state index in [0.29, 0.717) is 24.0 Å². The molecule has 2 aromatic rings. The number of thiazole rings is 1. The number of esters is 1. The summed E-state index contributed by atoms with van der Waals surface area (Å²) in [6, 6.07) is 8.04. The van der Waals surface area contributed by atoms with Gasteiger partial charge in [0.25, 0.3) is 0 Å². The Bertz CT molecular complexity index is 759. The molecule has 1 aliphatic heterocycles. The van der Waals surface area contributed by atoms with E-state index in [2.05, 4.69) is 16.4 Å². The summed E-state index contributed by atoms with van der Waals surface area (Å²) in [5.41, 5.74) is 2.90. The van der Waals surface area contributed by atoms with Crippen molar-refractivity contribution in [3.8, 4) is 0 Å². The first-order valence-electron chi connectivity index (χ1n) is 8.25. The highest BCUT2D eigenvalue weighted by Crippen LogP contribution is 2.30. The van der Waals surface area contributed by atoms with Crippen LogP contribution in [0.25, 0.3) is 0 Å². The zero-order valence-electron chi connectivity index (χ0n) is 14.0. The van der Waals surface area contributed by atoms with Gasteiger partial charge < -0.3 is 14.8 Å². The highest BCUT2D eigenvalue weighted by atomic mass is 32.1. The Kier molecular flexibility index (Phi) is 5.78. The minimum absolute atomic E-state index is 0.110. The number of fused-ring (bicyclic) bond motifs is 1. The number of benzene rings is 1. The minimum atomic E-state index is -0.321. The zero-order chi connectivity index (χ0) is 17.6. The van der Waals surface area contributed by atoms with E-state index >= 15 is 0 Å². The maximum atomic E-state index is 12.3. The lowest BCUT2D eigenvalue weighted by molar-refractivity contribution is -0.142. The fourth-order valence-corrected chi connectivity index (χ4v) is 3.52. The normalized spacial score (nSPS) is 16.1. The zero-order valence-corrected chi connectivity index (χ0v) is 14.8. The Morgan fingerprint density at radius 1 is 1.40 bits per heavy atom. The van der Waals surface area contributed by atoms with Gasteiger partial charge in [-0.2, -0.15) is 0 Å².